The molecule has 5 unspecified atom stereocenters. The van der Waals surface area contributed by atoms with Gasteiger partial charge >= 0.3 is 0 Å². The van der Waals surface area contributed by atoms with E-state index in [-0.39, 0.29) is 17.9 Å². The number of aromatic nitrogens is 1. The minimum Gasteiger partial charge on any atom is -0.489 e. The highest BCUT2D eigenvalue weighted by Crippen LogP contribution is 2.47. The maximum Gasteiger partial charge on any atom is 0.124 e. The zero-order chi connectivity index (χ0) is 23.5. The van der Waals surface area contributed by atoms with E-state index in [4.69, 9.17) is 4.74 Å². The van der Waals surface area contributed by atoms with E-state index < -0.39 is 0 Å². The molecule has 170 valence electrons. The fourth-order valence-electron chi connectivity index (χ4n) is 6.05. The Hall–Kier alpha value is -4.10. The Morgan fingerprint density at radius 3 is 2.77 bits per heavy atom. The smallest absolute Gasteiger partial charge is 0.124 e. The molecule has 1 aromatic heterocycles. The van der Waals surface area contributed by atoms with E-state index in [1.165, 1.54) is 27.4 Å². The van der Waals surface area contributed by atoms with Crippen LogP contribution in [0.25, 0.3) is 27.5 Å². The first-order chi connectivity index (χ1) is 17.2. The largest absolute Gasteiger partial charge is 0.489 e. The lowest BCUT2D eigenvalue weighted by Crippen LogP contribution is -2.23. The summed E-state index contributed by atoms with van der Waals surface area (Å²) in [7, 11) is 0. The van der Waals surface area contributed by atoms with Gasteiger partial charge in [0.25, 0.3) is 0 Å². The van der Waals surface area contributed by atoms with Crippen molar-refractivity contribution in [2.45, 2.75) is 31.3 Å². The second-order valence-electron chi connectivity index (χ2n) is 9.96. The number of benzene rings is 3. The van der Waals surface area contributed by atoms with Crippen LogP contribution in [0, 0.1) is 23.2 Å². The molecule has 4 heteroatoms. The number of aliphatic imine (C=N–C) groups is 1. The van der Waals surface area contributed by atoms with Crippen molar-refractivity contribution in [3.05, 3.63) is 96.2 Å². The van der Waals surface area contributed by atoms with Crippen molar-refractivity contribution in [3.8, 4) is 17.5 Å². The van der Waals surface area contributed by atoms with Crippen LogP contribution in [0.3, 0.4) is 0 Å². The molecule has 0 amide bonds. The Morgan fingerprint density at radius 1 is 0.943 bits per heavy atom. The molecular formula is C31H25N3O. The molecule has 3 heterocycles. The SMILES string of the molecule is CC1C=CC2c3cc4c(cc3OC2C1)c1ccccc1n4-c1cccc(C2C=NC=CC2C#N)c1. The maximum absolute atomic E-state index is 9.67. The number of allylic oxidation sites excluding steroid dienone is 2. The van der Waals surface area contributed by atoms with Gasteiger partial charge in [0, 0.05) is 46.3 Å². The minimum absolute atomic E-state index is 0.0502. The van der Waals surface area contributed by atoms with Gasteiger partial charge in [-0.05, 0) is 54.3 Å². The van der Waals surface area contributed by atoms with Gasteiger partial charge in [0.05, 0.1) is 23.0 Å². The van der Waals surface area contributed by atoms with E-state index in [0.29, 0.717) is 11.8 Å². The molecule has 0 saturated heterocycles. The van der Waals surface area contributed by atoms with E-state index in [0.717, 1.165) is 23.4 Å². The van der Waals surface area contributed by atoms with Gasteiger partial charge in [0.2, 0.25) is 0 Å². The van der Waals surface area contributed by atoms with Crippen molar-refractivity contribution in [1.82, 2.24) is 4.57 Å². The van der Waals surface area contributed by atoms with Gasteiger partial charge in [0.15, 0.2) is 0 Å². The molecule has 0 N–H and O–H groups in total. The number of ether oxygens (including phenoxy) is 1. The third kappa shape index (κ3) is 3.08. The molecule has 0 saturated carbocycles. The number of hydrogen-bond donors (Lipinski definition) is 0. The summed E-state index contributed by atoms with van der Waals surface area (Å²) in [5.74, 6) is 1.62. The van der Waals surface area contributed by atoms with Crippen molar-refractivity contribution >= 4 is 28.0 Å². The summed E-state index contributed by atoms with van der Waals surface area (Å²) in [4.78, 5) is 4.32. The molecular weight excluding hydrogens is 430 g/mol. The third-order valence-corrected chi connectivity index (χ3v) is 7.77. The molecule has 5 atom stereocenters. The Morgan fingerprint density at radius 2 is 1.86 bits per heavy atom. The van der Waals surface area contributed by atoms with Gasteiger partial charge in [-0.1, -0.05) is 49.4 Å². The first kappa shape index (κ1) is 20.3. The lowest BCUT2D eigenvalue weighted by Gasteiger charge is -2.23. The number of hydrogen-bond acceptors (Lipinski definition) is 3. The number of para-hydroxylation sites is 1. The molecule has 2 aliphatic heterocycles. The van der Waals surface area contributed by atoms with Crippen LogP contribution < -0.4 is 4.74 Å². The predicted octanol–water partition coefficient (Wildman–Crippen LogP) is 7.05. The zero-order valence-corrected chi connectivity index (χ0v) is 19.5. The molecule has 0 radical (unpaired) electrons. The van der Waals surface area contributed by atoms with Crippen molar-refractivity contribution < 1.29 is 4.74 Å². The first-order valence-corrected chi connectivity index (χ1v) is 12.3. The monoisotopic (exact) mass is 455 g/mol. The van der Waals surface area contributed by atoms with Crippen LogP contribution in [0.15, 0.2) is 90.1 Å². The summed E-state index contributed by atoms with van der Waals surface area (Å²) in [6.07, 6.45) is 11.4. The van der Waals surface area contributed by atoms with Crippen molar-refractivity contribution in [3.63, 3.8) is 0 Å². The quantitative estimate of drug-likeness (QED) is 0.304. The lowest BCUT2D eigenvalue weighted by molar-refractivity contribution is 0.188. The maximum atomic E-state index is 9.67. The fraction of sp³-hybridized carbons (Fsp3) is 0.226. The molecule has 35 heavy (non-hydrogen) atoms. The van der Waals surface area contributed by atoms with Crippen LogP contribution in [-0.4, -0.2) is 16.9 Å². The van der Waals surface area contributed by atoms with Crippen LogP contribution in [0.2, 0.25) is 0 Å². The highest BCUT2D eigenvalue weighted by Gasteiger charge is 2.36. The highest BCUT2D eigenvalue weighted by molar-refractivity contribution is 6.10. The van der Waals surface area contributed by atoms with Gasteiger partial charge < -0.3 is 9.30 Å². The molecule has 0 bridgehead atoms. The molecule has 4 nitrogen and oxygen atoms in total. The molecule has 4 aromatic rings. The molecule has 7 rings (SSSR count). The standard InChI is InChI=1S/C31H25N3O/c1-19-9-10-24-26-15-29-25(16-31(26)35-30(24)13-19)23-7-2-3-8-28(23)34(29)22-6-4-5-20(14-22)27-18-33-12-11-21(27)17-32/h2-12,14-16,18-19,21,24,27,30H,13H2,1H3. The number of rotatable bonds is 2. The summed E-state index contributed by atoms with van der Waals surface area (Å²) in [5, 5.41) is 12.1. The van der Waals surface area contributed by atoms with E-state index in [9.17, 15) is 5.26 Å². The second kappa shape index (κ2) is 7.71. The molecule has 3 aliphatic rings. The lowest BCUT2D eigenvalue weighted by atomic mass is 9.84. The van der Waals surface area contributed by atoms with Crippen molar-refractivity contribution in [2.24, 2.45) is 16.8 Å². The average molecular weight is 456 g/mol. The fourth-order valence-corrected chi connectivity index (χ4v) is 6.05. The zero-order valence-electron chi connectivity index (χ0n) is 19.5. The normalized spacial score (nSPS) is 26.5. The summed E-state index contributed by atoms with van der Waals surface area (Å²) >= 11 is 0. The van der Waals surface area contributed by atoms with Gasteiger partial charge in [-0.2, -0.15) is 5.26 Å². The summed E-state index contributed by atoms with van der Waals surface area (Å²) in [6, 6.07) is 24.1. The number of nitriles is 1. The Bertz CT molecular complexity index is 1620. The van der Waals surface area contributed by atoms with Crippen LogP contribution in [0.5, 0.6) is 5.75 Å². The Balaban J connectivity index is 1.43. The molecule has 0 fully saturated rings. The number of fused-ring (bicyclic) bond motifs is 6. The van der Waals surface area contributed by atoms with Crippen LogP contribution >= 0.6 is 0 Å². The van der Waals surface area contributed by atoms with Crippen molar-refractivity contribution in [2.75, 3.05) is 0 Å². The van der Waals surface area contributed by atoms with Gasteiger partial charge in [-0.25, -0.2) is 0 Å². The molecule has 3 aromatic carbocycles. The predicted molar refractivity (Wildman–Crippen MR) is 140 cm³/mol. The third-order valence-electron chi connectivity index (χ3n) is 7.77. The van der Waals surface area contributed by atoms with E-state index in [1.807, 2.05) is 12.3 Å². The Labute approximate surface area is 204 Å². The van der Waals surface area contributed by atoms with Crippen LogP contribution in [0.4, 0.5) is 0 Å². The summed E-state index contributed by atoms with van der Waals surface area (Å²) in [5.41, 5.74) is 5.83. The second-order valence-corrected chi connectivity index (χ2v) is 9.96. The van der Waals surface area contributed by atoms with E-state index in [1.54, 1.807) is 6.20 Å². The van der Waals surface area contributed by atoms with Crippen LogP contribution in [-0.2, 0) is 0 Å². The van der Waals surface area contributed by atoms with Gasteiger partial charge in [0.1, 0.15) is 11.9 Å². The average Bonchev–Trinajstić information content (AvgIpc) is 3.41. The first-order valence-electron chi connectivity index (χ1n) is 12.3. The number of nitrogens with zero attached hydrogens (tertiary/aromatic N) is 3. The van der Waals surface area contributed by atoms with Gasteiger partial charge in [-0.15, -0.1) is 0 Å². The Kier molecular flexibility index (Phi) is 4.47. The molecule has 0 spiro atoms. The van der Waals surface area contributed by atoms with E-state index in [2.05, 4.69) is 95.4 Å². The topological polar surface area (TPSA) is 50.3 Å². The summed E-state index contributed by atoms with van der Waals surface area (Å²) < 4.78 is 8.82. The van der Waals surface area contributed by atoms with E-state index >= 15 is 0 Å². The minimum atomic E-state index is -0.210. The van der Waals surface area contributed by atoms with Gasteiger partial charge in [-0.3, -0.25) is 4.99 Å². The highest BCUT2D eigenvalue weighted by atomic mass is 16.5. The van der Waals surface area contributed by atoms with Crippen LogP contribution in [0.1, 0.15) is 36.3 Å². The summed E-state index contributed by atoms with van der Waals surface area (Å²) in [6.45, 7) is 2.26. The van der Waals surface area contributed by atoms with Crippen molar-refractivity contribution in [1.29, 1.82) is 5.26 Å². The molecule has 1 aliphatic carbocycles.